The van der Waals surface area contributed by atoms with Crippen molar-refractivity contribution in [3.8, 4) is 11.5 Å². The molecule has 8 heteroatoms. The van der Waals surface area contributed by atoms with Crippen LogP contribution in [0.5, 0.6) is 11.5 Å². The van der Waals surface area contributed by atoms with Gasteiger partial charge in [-0.3, -0.25) is 9.59 Å². The Hall–Kier alpha value is -3.16. The smallest absolute Gasteiger partial charge is 0.387 e. The number of hydrogen-bond donors (Lipinski definition) is 2. The minimum Gasteiger partial charge on any atom is -0.493 e. The highest BCUT2D eigenvalue weighted by Gasteiger charge is 2.15. The maximum absolute atomic E-state index is 12.3. The topological polar surface area (TPSA) is 76.7 Å². The van der Waals surface area contributed by atoms with Crippen molar-refractivity contribution in [3.05, 3.63) is 53.6 Å². The fourth-order valence-corrected chi connectivity index (χ4v) is 2.41. The van der Waals surface area contributed by atoms with Gasteiger partial charge in [0.1, 0.15) is 0 Å². The van der Waals surface area contributed by atoms with E-state index in [4.69, 9.17) is 4.74 Å². The van der Waals surface area contributed by atoms with Gasteiger partial charge in [-0.2, -0.15) is 8.78 Å². The van der Waals surface area contributed by atoms with Crippen molar-refractivity contribution >= 4 is 17.5 Å². The quantitative estimate of drug-likeness (QED) is 0.739. The van der Waals surface area contributed by atoms with Crippen LogP contribution in [0.4, 0.5) is 14.5 Å². The van der Waals surface area contributed by atoms with Crippen LogP contribution in [-0.4, -0.2) is 32.1 Å². The van der Waals surface area contributed by atoms with E-state index in [1.54, 1.807) is 6.07 Å². The van der Waals surface area contributed by atoms with Crippen molar-refractivity contribution in [2.45, 2.75) is 20.0 Å². The highest BCUT2D eigenvalue weighted by atomic mass is 19.3. The molecule has 0 spiro atoms. The average Bonchev–Trinajstić information content (AvgIpc) is 2.66. The highest BCUT2D eigenvalue weighted by Crippen LogP contribution is 2.29. The summed E-state index contributed by atoms with van der Waals surface area (Å²) in [6.07, 6.45) is 0.760. The van der Waals surface area contributed by atoms with Crippen LogP contribution in [-0.2, 0) is 11.2 Å². The number of aryl methyl sites for hydroxylation is 1. The van der Waals surface area contributed by atoms with Crippen LogP contribution in [0.3, 0.4) is 0 Å². The molecule has 2 aromatic rings. The second-order valence-electron chi connectivity index (χ2n) is 5.49. The molecule has 0 bridgehead atoms. The lowest BCUT2D eigenvalue weighted by molar-refractivity contribution is -0.115. The summed E-state index contributed by atoms with van der Waals surface area (Å²) < 4.78 is 33.9. The normalized spacial score (nSPS) is 10.4. The second kappa shape index (κ2) is 9.51. The Morgan fingerprint density at radius 2 is 1.85 bits per heavy atom. The van der Waals surface area contributed by atoms with E-state index in [1.807, 2.05) is 25.1 Å². The molecule has 0 aliphatic rings. The molecule has 0 fully saturated rings. The van der Waals surface area contributed by atoms with Crippen LogP contribution in [0.15, 0.2) is 42.5 Å². The first kappa shape index (κ1) is 20.2. The number of ether oxygens (including phenoxy) is 2. The lowest BCUT2D eigenvalue weighted by atomic mass is 10.1. The third-order valence-electron chi connectivity index (χ3n) is 3.72. The molecule has 27 heavy (non-hydrogen) atoms. The Morgan fingerprint density at radius 1 is 1.11 bits per heavy atom. The van der Waals surface area contributed by atoms with E-state index in [0.717, 1.165) is 12.0 Å². The Bertz CT molecular complexity index is 812. The molecule has 2 rings (SSSR count). The van der Waals surface area contributed by atoms with Crippen LogP contribution >= 0.6 is 0 Å². The number of carbonyl (C=O) groups excluding carboxylic acids is 2. The number of benzene rings is 2. The average molecular weight is 378 g/mol. The van der Waals surface area contributed by atoms with Gasteiger partial charge in [-0.25, -0.2) is 0 Å². The van der Waals surface area contributed by atoms with Crippen LogP contribution < -0.4 is 20.1 Å². The molecule has 0 saturated carbocycles. The van der Waals surface area contributed by atoms with E-state index < -0.39 is 12.5 Å². The van der Waals surface area contributed by atoms with Gasteiger partial charge >= 0.3 is 6.61 Å². The monoisotopic (exact) mass is 378 g/mol. The molecule has 0 heterocycles. The molecule has 0 saturated heterocycles. The molecule has 0 unspecified atom stereocenters. The van der Waals surface area contributed by atoms with Crippen molar-refractivity contribution < 1.29 is 27.8 Å². The van der Waals surface area contributed by atoms with Gasteiger partial charge in [0.15, 0.2) is 11.5 Å². The maximum atomic E-state index is 12.3. The predicted octanol–water partition coefficient (Wildman–Crippen LogP) is 3.23. The van der Waals surface area contributed by atoms with Gasteiger partial charge in [0.05, 0.1) is 13.7 Å². The standard InChI is InChI=1S/C19H20F2N2O4/c1-3-12-6-4-5-7-14(12)23-17(24)11-22-18(25)13-8-9-15(27-19(20)21)16(10-13)26-2/h4-10,19H,3,11H2,1-2H3,(H,22,25)(H,23,24). The predicted molar refractivity (Wildman–Crippen MR) is 96.4 cm³/mol. The van der Waals surface area contributed by atoms with E-state index in [0.29, 0.717) is 5.69 Å². The number of halogens is 2. The molecule has 0 aliphatic carbocycles. The van der Waals surface area contributed by atoms with Crippen LogP contribution in [0.1, 0.15) is 22.8 Å². The molecule has 2 aromatic carbocycles. The zero-order valence-electron chi connectivity index (χ0n) is 14.9. The molecule has 2 N–H and O–H groups in total. The van der Waals surface area contributed by atoms with E-state index in [2.05, 4.69) is 15.4 Å². The first-order valence-electron chi connectivity index (χ1n) is 8.23. The van der Waals surface area contributed by atoms with Crippen molar-refractivity contribution in [2.75, 3.05) is 19.0 Å². The molecule has 0 aromatic heterocycles. The third-order valence-corrected chi connectivity index (χ3v) is 3.72. The first-order valence-corrected chi connectivity index (χ1v) is 8.23. The van der Waals surface area contributed by atoms with Crippen molar-refractivity contribution in [1.82, 2.24) is 5.32 Å². The molecular weight excluding hydrogens is 358 g/mol. The number of rotatable bonds is 8. The molecular formula is C19H20F2N2O4. The molecule has 2 amide bonds. The molecule has 6 nitrogen and oxygen atoms in total. The Kier molecular flexibility index (Phi) is 7.10. The minimum atomic E-state index is -3.01. The maximum Gasteiger partial charge on any atom is 0.387 e. The molecule has 0 aliphatic heterocycles. The second-order valence-corrected chi connectivity index (χ2v) is 5.49. The van der Waals surface area contributed by atoms with E-state index in [-0.39, 0.29) is 29.5 Å². The number of hydrogen-bond acceptors (Lipinski definition) is 4. The minimum absolute atomic E-state index is 0.00993. The number of amides is 2. The lowest BCUT2D eigenvalue weighted by Gasteiger charge is -2.12. The number of alkyl halides is 2. The summed E-state index contributed by atoms with van der Waals surface area (Å²) in [4.78, 5) is 24.3. The summed E-state index contributed by atoms with van der Waals surface area (Å²) in [5, 5.41) is 5.21. The van der Waals surface area contributed by atoms with Gasteiger partial charge in [0.2, 0.25) is 5.91 Å². The zero-order chi connectivity index (χ0) is 19.8. The largest absolute Gasteiger partial charge is 0.493 e. The van der Waals surface area contributed by atoms with Crippen LogP contribution in [0.25, 0.3) is 0 Å². The summed E-state index contributed by atoms with van der Waals surface area (Å²) >= 11 is 0. The van der Waals surface area contributed by atoms with Gasteiger partial charge in [0.25, 0.3) is 5.91 Å². The SMILES string of the molecule is CCc1ccccc1NC(=O)CNC(=O)c1ccc(OC(F)F)c(OC)c1. The van der Waals surface area contributed by atoms with Crippen molar-refractivity contribution in [2.24, 2.45) is 0 Å². The van der Waals surface area contributed by atoms with Gasteiger partial charge in [-0.05, 0) is 36.2 Å². The summed E-state index contributed by atoms with van der Waals surface area (Å²) in [5.41, 5.74) is 1.82. The van der Waals surface area contributed by atoms with E-state index in [1.165, 1.54) is 25.3 Å². The van der Waals surface area contributed by atoms with Crippen molar-refractivity contribution in [1.29, 1.82) is 0 Å². The van der Waals surface area contributed by atoms with Gasteiger partial charge in [-0.15, -0.1) is 0 Å². The summed E-state index contributed by atoms with van der Waals surface area (Å²) in [5.74, 6) is -1.12. The summed E-state index contributed by atoms with van der Waals surface area (Å²) in [6, 6.07) is 11.1. The highest BCUT2D eigenvalue weighted by molar-refractivity contribution is 5.99. The summed E-state index contributed by atoms with van der Waals surface area (Å²) in [7, 11) is 1.27. The van der Waals surface area contributed by atoms with E-state index in [9.17, 15) is 18.4 Å². The zero-order valence-corrected chi connectivity index (χ0v) is 14.9. The number of para-hydroxylation sites is 1. The number of nitrogens with one attached hydrogen (secondary N) is 2. The Balaban J connectivity index is 1.97. The number of anilines is 1. The van der Waals surface area contributed by atoms with Crippen LogP contribution in [0.2, 0.25) is 0 Å². The van der Waals surface area contributed by atoms with Crippen LogP contribution in [0, 0.1) is 0 Å². The molecule has 0 radical (unpaired) electrons. The fraction of sp³-hybridized carbons (Fsp3) is 0.263. The third kappa shape index (κ3) is 5.67. The van der Waals surface area contributed by atoms with Gasteiger partial charge < -0.3 is 20.1 Å². The number of carbonyl (C=O) groups is 2. The molecule has 0 atom stereocenters. The fourth-order valence-electron chi connectivity index (χ4n) is 2.41. The first-order chi connectivity index (χ1) is 12.9. The Morgan fingerprint density at radius 3 is 2.52 bits per heavy atom. The molecule has 144 valence electrons. The summed E-state index contributed by atoms with van der Waals surface area (Å²) in [6.45, 7) is -1.27. The van der Waals surface area contributed by atoms with Gasteiger partial charge in [-0.1, -0.05) is 25.1 Å². The lowest BCUT2D eigenvalue weighted by Crippen LogP contribution is -2.33. The van der Waals surface area contributed by atoms with E-state index >= 15 is 0 Å². The Labute approximate surface area is 155 Å². The van der Waals surface area contributed by atoms with Crippen molar-refractivity contribution in [3.63, 3.8) is 0 Å². The number of methoxy groups -OCH3 is 1. The van der Waals surface area contributed by atoms with Gasteiger partial charge in [0, 0.05) is 11.3 Å².